The van der Waals surface area contributed by atoms with Crippen LogP contribution in [-0.2, 0) is 4.79 Å². The number of halogens is 1. The summed E-state index contributed by atoms with van der Waals surface area (Å²) < 4.78 is 0. The Bertz CT molecular complexity index is 544. The van der Waals surface area contributed by atoms with Crippen molar-refractivity contribution in [3.8, 4) is 0 Å². The van der Waals surface area contributed by atoms with Gasteiger partial charge in [-0.1, -0.05) is 11.6 Å². The van der Waals surface area contributed by atoms with E-state index < -0.39 is 0 Å². The second kappa shape index (κ2) is 6.69. The van der Waals surface area contributed by atoms with Gasteiger partial charge in [0.05, 0.1) is 0 Å². The molecule has 2 saturated heterocycles. The van der Waals surface area contributed by atoms with Crippen molar-refractivity contribution in [2.24, 2.45) is 5.92 Å². The third-order valence-corrected chi connectivity index (χ3v) is 4.89. The SMILES string of the molecule is O=C(c1ccc(Cl)cc1)N1CCC(C(=O)N2CCCC2)CC1. The van der Waals surface area contributed by atoms with Gasteiger partial charge < -0.3 is 9.80 Å². The van der Waals surface area contributed by atoms with Crippen LogP contribution in [0.15, 0.2) is 24.3 Å². The first-order valence-electron chi connectivity index (χ1n) is 7.99. The van der Waals surface area contributed by atoms with Crippen LogP contribution in [0.5, 0.6) is 0 Å². The van der Waals surface area contributed by atoms with Crippen LogP contribution in [0.25, 0.3) is 0 Å². The Morgan fingerprint density at radius 3 is 2.09 bits per heavy atom. The van der Waals surface area contributed by atoms with Crippen molar-refractivity contribution in [3.05, 3.63) is 34.9 Å². The Morgan fingerprint density at radius 1 is 0.909 bits per heavy atom. The van der Waals surface area contributed by atoms with Crippen molar-refractivity contribution in [2.45, 2.75) is 25.7 Å². The molecule has 22 heavy (non-hydrogen) atoms. The molecule has 118 valence electrons. The minimum Gasteiger partial charge on any atom is -0.342 e. The highest BCUT2D eigenvalue weighted by Gasteiger charge is 2.31. The number of piperidine rings is 1. The Hall–Kier alpha value is -1.55. The van der Waals surface area contributed by atoms with E-state index in [1.54, 1.807) is 24.3 Å². The Kier molecular flexibility index (Phi) is 4.67. The molecule has 1 aromatic carbocycles. The standard InChI is InChI=1S/C17H21ClN2O2/c18-15-5-3-13(4-6-15)16(21)20-11-7-14(8-12-20)17(22)19-9-1-2-10-19/h3-6,14H,1-2,7-12H2. The summed E-state index contributed by atoms with van der Waals surface area (Å²) in [5, 5.41) is 0.631. The number of amides is 2. The lowest BCUT2D eigenvalue weighted by molar-refractivity contribution is -0.135. The van der Waals surface area contributed by atoms with Gasteiger partial charge in [-0.2, -0.15) is 0 Å². The number of carbonyl (C=O) groups is 2. The lowest BCUT2D eigenvalue weighted by Gasteiger charge is -2.33. The fourth-order valence-electron chi connectivity index (χ4n) is 3.30. The first-order valence-corrected chi connectivity index (χ1v) is 8.36. The van der Waals surface area contributed by atoms with Gasteiger partial charge in [-0.25, -0.2) is 0 Å². The number of nitrogens with zero attached hydrogens (tertiary/aromatic N) is 2. The molecule has 1 aromatic rings. The number of likely N-dealkylation sites (tertiary alicyclic amines) is 2. The lowest BCUT2D eigenvalue weighted by Crippen LogP contribution is -2.43. The highest BCUT2D eigenvalue weighted by molar-refractivity contribution is 6.30. The maximum atomic E-state index is 12.4. The fourth-order valence-corrected chi connectivity index (χ4v) is 3.43. The molecule has 3 rings (SSSR count). The van der Waals surface area contributed by atoms with Crippen molar-refractivity contribution >= 4 is 23.4 Å². The molecule has 2 fully saturated rings. The first-order chi connectivity index (χ1) is 10.6. The van der Waals surface area contributed by atoms with E-state index in [0.29, 0.717) is 23.7 Å². The van der Waals surface area contributed by atoms with Crippen molar-refractivity contribution in [1.29, 1.82) is 0 Å². The number of hydrogen-bond acceptors (Lipinski definition) is 2. The van der Waals surface area contributed by atoms with E-state index in [9.17, 15) is 9.59 Å². The smallest absolute Gasteiger partial charge is 0.253 e. The number of benzene rings is 1. The zero-order valence-electron chi connectivity index (χ0n) is 12.6. The number of hydrogen-bond donors (Lipinski definition) is 0. The largest absolute Gasteiger partial charge is 0.342 e. The molecule has 0 radical (unpaired) electrons. The van der Waals surface area contributed by atoms with Crippen LogP contribution in [0.4, 0.5) is 0 Å². The van der Waals surface area contributed by atoms with E-state index in [-0.39, 0.29) is 17.7 Å². The maximum absolute atomic E-state index is 12.4. The quantitative estimate of drug-likeness (QED) is 0.840. The summed E-state index contributed by atoms with van der Waals surface area (Å²) in [6.45, 7) is 3.13. The van der Waals surface area contributed by atoms with Crippen LogP contribution >= 0.6 is 11.6 Å². The monoisotopic (exact) mass is 320 g/mol. The third-order valence-electron chi connectivity index (χ3n) is 4.64. The number of carbonyl (C=O) groups excluding carboxylic acids is 2. The van der Waals surface area contributed by atoms with Gasteiger partial charge in [-0.05, 0) is 49.9 Å². The van der Waals surface area contributed by atoms with Crippen LogP contribution in [0.1, 0.15) is 36.0 Å². The summed E-state index contributed by atoms with van der Waals surface area (Å²) in [5.41, 5.74) is 0.661. The van der Waals surface area contributed by atoms with Crippen molar-refractivity contribution in [2.75, 3.05) is 26.2 Å². The Balaban J connectivity index is 1.56. The molecule has 0 N–H and O–H groups in total. The van der Waals surface area contributed by atoms with E-state index in [4.69, 9.17) is 11.6 Å². The molecular formula is C17H21ClN2O2. The average Bonchev–Trinajstić information content (AvgIpc) is 3.09. The Morgan fingerprint density at radius 2 is 1.50 bits per heavy atom. The molecule has 2 amide bonds. The molecule has 2 heterocycles. The third kappa shape index (κ3) is 3.27. The van der Waals surface area contributed by atoms with E-state index in [0.717, 1.165) is 38.8 Å². The highest BCUT2D eigenvalue weighted by atomic mass is 35.5. The molecule has 0 bridgehead atoms. The van der Waals surface area contributed by atoms with Crippen LogP contribution in [-0.4, -0.2) is 47.8 Å². The van der Waals surface area contributed by atoms with Gasteiger partial charge >= 0.3 is 0 Å². The predicted molar refractivity (Wildman–Crippen MR) is 85.9 cm³/mol. The molecule has 0 aromatic heterocycles. The molecule has 2 aliphatic heterocycles. The normalized spacial score (nSPS) is 19.5. The topological polar surface area (TPSA) is 40.6 Å². The van der Waals surface area contributed by atoms with Gasteiger partial charge in [-0.3, -0.25) is 9.59 Å². The highest BCUT2D eigenvalue weighted by Crippen LogP contribution is 2.23. The summed E-state index contributed by atoms with van der Waals surface area (Å²) >= 11 is 5.85. The van der Waals surface area contributed by atoms with Crippen LogP contribution in [0.3, 0.4) is 0 Å². The summed E-state index contributed by atoms with van der Waals surface area (Å²) in [6, 6.07) is 6.98. The molecule has 0 spiro atoms. The van der Waals surface area contributed by atoms with E-state index in [1.807, 2.05) is 9.80 Å². The lowest BCUT2D eigenvalue weighted by atomic mass is 9.95. The molecule has 0 atom stereocenters. The van der Waals surface area contributed by atoms with Crippen molar-refractivity contribution in [1.82, 2.24) is 9.80 Å². The zero-order chi connectivity index (χ0) is 15.5. The van der Waals surface area contributed by atoms with Gasteiger partial charge in [0, 0.05) is 42.7 Å². The van der Waals surface area contributed by atoms with E-state index in [2.05, 4.69) is 0 Å². The molecule has 0 unspecified atom stereocenters. The van der Waals surface area contributed by atoms with Crippen LogP contribution in [0.2, 0.25) is 5.02 Å². The molecule has 0 saturated carbocycles. The van der Waals surface area contributed by atoms with Gasteiger partial charge in [0.2, 0.25) is 5.91 Å². The summed E-state index contributed by atoms with van der Waals surface area (Å²) in [7, 11) is 0. The van der Waals surface area contributed by atoms with Crippen LogP contribution < -0.4 is 0 Å². The maximum Gasteiger partial charge on any atom is 0.253 e. The summed E-state index contributed by atoms with van der Waals surface area (Å²) in [5.74, 6) is 0.409. The zero-order valence-corrected chi connectivity index (χ0v) is 13.4. The molecule has 5 heteroatoms. The minimum atomic E-state index is 0.0312. The molecular weight excluding hydrogens is 300 g/mol. The first kappa shape index (κ1) is 15.3. The van der Waals surface area contributed by atoms with Gasteiger partial charge in [0.25, 0.3) is 5.91 Å². The molecule has 2 aliphatic rings. The number of rotatable bonds is 2. The van der Waals surface area contributed by atoms with E-state index >= 15 is 0 Å². The van der Waals surface area contributed by atoms with Crippen LogP contribution in [0, 0.1) is 5.92 Å². The predicted octanol–water partition coefficient (Wildman–Crippen LogP) is 2.81. The van der Waals surface area contributed by atoms with Gasteiger partial charge in [0.15, 0.2) is 0 Å². The fraction of sp³-hybridized carbons (Fsp3) is 0.529. The summed E-state index contributed by atoms with van der Waals surface area (Å²) in [6.07, 6.45) is 3.79. The van der Waals surface area contributed by atoms with Gasteiger partial charge in [0.1, 0.15) is 0 Å². The van der Waals surface area contributed by atoms with Crippen molar-refractivity contribution < 1.29 is 9.59 Å². The van der Waals surface area contributed by atoms with Gasteiger partial charge in [-0.15, -0.1) is 0 Å². The second-order valence-electron chi connectivity index (χ2n) is 6.11. The Labute approximate surface area is 136 Å². The molecule has 0 aliphatic carbocycles. The molecule has 4 nitrogen and oxygen atoms in total. The second-order valence-corrected chi connectivity index (χ2v) is 6.54. The van der Waals surface area contributed by atoms with Crippen molar-refractivity contribution in [3.63, 3.8) is 0 Å². The average molecular weight is 321 g/mol. The summed E-state index contributed by atoms with van der Waals surface area (Å²) in [4.78, 5) is 28.7. The minimum absolute atomic E-state index is 0.0312. The van der Waals surface area contributed by atoms with E-state index in [1.165, 1.54) is 0 Å².